The van der Waals surface area contributed by atoms with Gasteiger partial charge in [0, 0.05) is 41.3 Å². The number of H-pyrrole nitrogens is 1. The van der Waals surface area contributed by atoms with Crippen LogP contribution in [0.3, 0.4) is 0 Å². The van der Waals surface area contributed by atoms with E-state index in [4.69, 9.17) is 19.6 Å². The smallest absolute Gasteiger partial charge is 0.407 e. The summed E-state index contributed by atoms with van der Waals surface area (Å²) in [7, 11) is 1.73. The Hall–Kier alpha value is -4.73. The molecule has 1 atom stereocenters. The van der Waals surface area contributed by atoms with Crippen LogP contribution in [-0.2, 0) is 23.8 Å². The zero-order valence-corrected chi connectivity index (χ0v) is 25.2. The van der Waals surface area contributed by atoms with Gasteiger partial charge in [-0.25, -0.2) is 23.2 Å². The van der Waals surface area contributed by atoms with Gasteiger partial charge in [0.2, 0.25) is 0 Å². The van der Waals surface area contributed by atoms with Gasteiger partial charge in [0.05, 0.1) is 11.0 Å². The van der Waals surface area contributed by atoms with Gasteiger partial charge in [0.1, 0.15) is 18.2 Å². The topological polar surface area (TPSA) is 94.1 Å². The van der Waals surface area contributed by atoms with Gasteiger partial charge in [-0.15, -0.1) is 0 Å². The number of carbonyl (C=O) groups excluding carboxylic acids is 1. The first-order valence-electron chi connectivity index (χ1n) is 14.7. The van der Waals surface area contributed by atoms with Crippen LogP contribution in [0.4, 0.5) is 13.6 Å². The van der Waals surface area contributed by atoms with Crippen LogP contribution in [0.15, 0.2) is 66.9 Å². The number of hydrogen-bond acceptors (Lipinski definition) is 5. The summed E-state index contributed by atoms with van der Waals surface area (Å²) >= 11 is 0. The van der Waals surface area contributed by atoms with Gasteiger partial charge < -0.3 is 19.8 Å². The number of halogens is 2. The highest BCUT2D eigenvalue weighted by Crippen LogP contribution is 2.39. The van der Waals surface area contributed by atoms with Crippen LogP contribution >= 0.6 is 0 Å². The van der Waals surface area contributed by atoms with E-state index in [0.717, 1.165) is 24.8 Å². The third-order valence-corrected chi connectivity index (χ3v) is 8.45. The number of alkyl carbamates (subject to hydrolysis) is 1. The maximum Gasteiger partial charge on any atom is 0.407 e. The molecule has 8 nitrogen and oxygen atoms in total. The molecule has 1 unspecified atom stereocenters. The number of cyclic esters (lactones) is 1. The van der Waals surface area contributed by atoms with E-state index in [0.29, 0.717) is 34.5 Å². The standard InChI is InChI=1S/C34H35F2N5O3/c1-33(2)15-8-9-16-34(3,21-10-6-5-7-11-21)31-38-30(41(4)40-31)24-18-22(12-13-26(24)35)44-29-25(20-43-32(42)39-33)23-14-17-37-28(23)19-27(29)36/h5-7,10-14,17-19,37H,8-9,15-16,20H2,1-4H3,(H,39,42). The van der Waals surface area contributed by atoms with Gasteiger partial charge in [-0.05, 0) is 63.4 Å². The molecule has 5 aromatic rings. The van der Waals surface area contributed by atoms with E-state index in [1.54, 1.807) is 24.0 Å². The average Bonchev–Trinajstić information content (AvgIpc) is 3.62. The molecule has 2 N–H and O–H groups in total. The van der Waals surface area contributed by atoms with Crippen molar-refractivity contribution < 1.29 is 23.0 Å². The first kappa shape index (κ1) is 29.3. The van der Waals surface area contributed by atoms with Crippen molar-refractivity contribution in [2.45, 2.75) is 64.0 Å². The largest absolute Gasteiger partial charge is 0.454 e. The number of hydrogen-bond donors (Lipinski definition) is 2. The van der Waals surface area contributed by atoms with Crippen molar-refractivity contribution in [3.05, 3.63) is 95.4 Å². The number of nitrogens with zero attached hydrogens (tertiary/aromatic N) is 3. The molecule has 3 aromatic carbocycles. The third-order valence-electron chi connectivity index (χ3n) is 8.45. The van der Waals surface area contributed by atoms with Crippen LogP contribution in [0.2, 0.25) is 0 Å². The molecule has 0 saturated heterocycles. The van der Waals surface area contributed by atoms with Gasteiger partial charge in [-0.3, -0.25) is 0 Å². The first-order chi connectivity index (χ1) is 21.0. The molecule has 3 heterocycles. The van der Waals surface area contributed by atoms with Gasteiger partial charge in [0.15, 0.2) is 23.2 Å². The van der Waals surface area contributed by atoms with E-state index in [2.05, 4.69) is 29.4 Å². The molecule has 0 radical (unpaired) electrons. The van der Waals surface area contributed by atoms with E-state index < -0.39 is 28.7 Å². The molecule has 44 heavy (non-hydrogen) atoms. The summed E-state index contributed by atoms with van der Waals surface area (Å²) in [6, 6.07) is 17.3. The second kappa shape index (κ2) is 11.4. The summed E-state index contributed by atoms with van der Waals surface area (Å²) in [5, 5.41) is 8.38. The molecular formula is C34H35F2N5O3. The number of fused-ring (bicyclic) bond motifs is 8. The first-order valence-corrected chi connectivity index (χ1v) is 14.7. The summed E-state index contributed by atoms with van der Waals surface area (Å²) in [4.78, 5) is 20.8. The molecule has 10 heteroatoms. The number of nitrogens with one attached hydrogen (secondary N) is 2. The van der Waals surface area contributed by atoms with Crippen molar-refractivity contribution in [1.82, 2.24) is 25.1 Å². The number of amides is 1. The average molecular weight is 600 g/mol. The van der Waals surface area contributed by atoms with Crippen molar-refractivity contribution in [2.75, 3.05) is 0 Å². The number of aromatic nitrogens is 4. The fraction of sp³-hybridized carbons (Fsp3) is 0.324. The van der Waals surface area contributed by atoms with Crippen molar-refractivity contribution >= 4 is 17.0 Å². The van der Waals surface area contributed by atoms with Crippen LogP contribution < -0.4 is 10.1 Å². The maximum absolute atomic E-state index is 15.5. The van der Waals surface area contributed by atoms with E-state index in [-0.39, 0.29) is 23.7 Å². The summed E-state index contributed by atoms with van der Waals surface area (Å²) in [6.45, 7) is 5.76. The number of benzene rings is 3. The lowest BCUT2D eigenvalue weighted by Gasteiger charge is -2.29. The number of rotatable bonds is 1. The highest BCUT2D eigenvalue weighted by atomic mass is 19.1. The predicted octanol–water partition coefficient (Wildman–Crippen LogP) is 7.92. The molecular weight excluding hydrogens is 564 g/mol. The number of aryl methyl sites for hydroxylation is 1. The minimum Gasteiger partial charge on any atom is -0.454 e. The second-order valence-corrected chi connectivity index (χ2v) is 12.2. The summed E-state index contributed by atoms with van der Waals surface area (Å²) in [5.41, 5.74) is 0.966. The maximum atomic E-state index is 15.5. The van der Waals surface area contributed by atoms with Gasteiger partial charge >= 0.3 is 6.09 Å². The summed E-state index contributed by atoms with van der Waals surface area (Å²) < 4.78 is 44.2. The summed E-state index contributed by atoms with van der Waals surface area (Å²) in [5.74, 6) is -0.210. The molecule has 4 bridgehead atoms. The van der Waals surface area contributed by atoms with Crippen LogP contribution in [0, 0.1) is 11.6 Å². The van der Waals surface area contributed by atoms with E-state index in [1.165, 1.54) is 24.3 Å². The fourth-order valence-electron chi connectivity index (χ4n) is 5.94. The number of ether oxygens (including phenoxy) is 2. The molecule has 228 valence electrons. The lowest BCUT2D eigenvalue weighted by molar-refractivity contribution is 0.127. The van der Waals surface area contributed by atoms with Crippen LogP contribution in [-0.4, -0.2) is 31.4 Å². The normalized spacial score (nSPS) is 19.1. The molecule has 2 aromatic heterocycles. The van der Waals surface area contributed by atoms with Crippen LogP contribution in [0.1, 0.15) is 63.4 Å². The third kappa shape index (κ3) is 5.64. The minimum atomic E-state index is -0.657. The Morgan fingerprint density at radius 3 is 2.52 bits per heavy atom. The molecule has 0 spiro atoms. The van der Waals surface area contributed by atoms with E-state index in [9.17, 15) is 4.79 Å². The van der Waals surface area contributed by atoms with E-state index >= 15 is 8.78 Å². The highest BCUT2D eigenvalue weighted by Gasteiger charge is 2.34. The van der Waals surface area contributed by atoms with Crippen LogP contribution in [0.5, 0.6) is 11.5 Å². The molecule has 1 aliphatic heterocycles. The Morgan fingerprint density at radius 2 is 1.73 bits per heavy atom. The predicted molar refractivity (Wildman–Crippen MR) is 163 cm³/mol. The Labute approximate surface area is 254 Å². The van der Waals surface area contributed by atoms with Crippen LogP contribution in [0.25, 0.3) is 22.3 Å². The van der Waals surface area contributed by atoms with Crippen molar-refractivity contribution in [1.29, 1.82) is 0 Å². The van der Waals surface area contributed by atoms with Gasteiger partial charge in [-0.2, -0.15) is 5.10 Å². The Balaban J connectivity index is 1.48. The molecule has 6 rings (SSSR count). The quantitative estimate of drug-likeness (QED) is 0.204. The van der Waals surface area contributed by atoms with Gasteiger partial charge in [-0.1, -0.05) is 43.2 Å². The van der Waals surface area contributed by atoms with Gasteiger partial charge in [0.25, 0.3) is 0 Å². The van der Waals surface area contributed by atoms with Crippen molar-refractivity contribution in [2.24, 2.45) is 7.05 Å². The van der Waals surface area contributed by atoms with Crippen molar-refractivity contribution in [3.8, 4) is 22.9 Å². The number of carbonyl (C=O) groups is 1. The molecule has 0 fully saturated rings. The zero-order chi connectivity index (χ0) is 31.1. The Morgan fingerprint density at radius 1 is 0.955 bits per heavy atom. The second-order valence-electron chi connectivity index (χ2n) is 12.2. The Kier molecular flexibility index (Phi) is 7.61. The monoisotopic (exact) mass is 599 g/mol. The lowest BCUT2D eigenvalue weighted by atomic mass is 9.77. The minimum absolute atomic E-state index is 0.116. The Bertz CT molecular complexity index is 1830. The lowest BCUT2D eigenvalue weighted by Crippen LogP contribution is -2.43. The fourth-order valence-corrected chi connectivity index (χ4v) is 5.94. The van der Waals surface area contributed by atoms with Crippen molar-refractivity contribution in [3.63, 3.8) is 0 Å². The summed E-state index contributed by atoms with van der Waals surface area (Å²) in [6.07, 6.45) is 4.13. The molecule has 0 saturated carbocycles. The zero-order valence-electron chi connectivity index (χ0n) is 25.2. The number of aromatic amines is 1. The molecule has 0 aliphatic carbocycles. The molecule has 1 amide bonds. The van der Waals surface area contributed by atoms with E-state index in [1.807, 2.05) is 32.0 Å². The SMILES string of the molecule is Cn1nc2nc1-c1cc(ccc1F)Oc1c(F)cc3[nH]ccc3c1COC(=O)NC(C)(C)CCCCC2(C)c1ccccc1. The molecule has 1 aliphatic rings. The highest BCUT2D eigenvalue weighted by molar-refractivity contribution is 5.86.